The number of hydrogen-bond donors (Lipinski definition) is 2. The molecule has 0 aromatic carbocycles. The normalized spacial score (nSPS) is 11.1. The predicted octanol–water partition coefficient (Wildman–Crippen LogP) is 0.853. The molecule has 16 heavy (non-hydrogen) atoms. The highest BCUT2D eigenvalue weighted by Crippen LogP contribution is 2.09. The van der Waals surface area contributed by atoms with Crippen molar-refractivity contribution in [1.29, 1.82) is 0 Å². The van der Waals surface area contributed by atoms with Crippen LogP contribution in [0.4, 0.5) is 0 Å². The Morgan fingerprint density at radius 2 is 1.94 bits per heavy atom. The fraction of sp³-hybridized carbons (Fsp3) is 0.917. The zero-order valence-electron chi connectivity index (χ0n) is 10.8. The van der Waals surface area contributed by atoms with Gasteiger partial charge in [0.1, 0.15) is 0 Å². The second-order valence-corrected chi connectivity index (χ2v) is 4.08. The third-order valence-electron chi connectivity index (χ3n) is 2.92. The number of carbonyl (C=O) groups excluding carboxylic acids is 1. The lowest BCUT2D eigenvalue weighted by Gasteiger charge is -2.24. The summed E-state index contributed by atoms with van der Waals surface area (Å²) in [5.74, 6) is 0.674. The Morgan fingerprint density at radius 3 is 2.38 bits per heavy atom. The minimum Gasteiger partial charge on any atom is -0.395 e. The van der Waals surface area contributed by atoms with Gasteiger partial charge in [0.05, 0.1) is 13.2 Å². The highest BCUT2D eigenvalue weighted by molar-refractivity contribution is 5.77. The Morgan fingerprint density at radius 1 is 1.31 bits per heavy atom. The molecule has 0 fully saturated rings. The number of rotatable bonds is 9. The van der Waals surface area contributed by atoms with Crippen molar-refractivity contribution in [3.05, 3.63) is 0 Å². The molecular weight excluding hydrogens is 204 g/mol. The molecule has 0 heterocycles. The van der Waals surface area contributed by atoms with Gasteiger partial charge >= 0.3 is 0 Å². The first-order chi connectivity index (χ1) is 7.67. The largest absolute Gasteiger partial charge is 0.395 e. The molecule has 1 amide bonds. The van der Waals surface area contributed by atoms with E-state index in [1.165, 1.54) is 0 Å². The van der Waals surface area contributed by atoms with E-state index in [9.17, 15) is 4.79 Å². The Balaban J connectivity index is 3.93. The van der Waals surface area contributed by atoms with E-state index in [1.54, 1.807) is 0 Å². The highest BCUT2D eigenvalue weighted by atomic mass is 16.3. The molecule has 4 heteroatoms. The average molecular weight is 230 g/mol. The second kappa shape index (κ2) is 9.60. The van der Waals surface area contributed by atoms with Gasteiger partial charge in [-0.05, 0) is 12.5 Å². The molecule has 0 bridgehead atoms. The molecule has 96 valence electrons. The van der Waals surface area contributed by atoms with Gasteiger partial charge in [-0.25, -0.2) is 0 Å². The molecule has 2 N–H and O–H groups in total. The molecule has 0 spiro atoms. The minimum atomic E-state index is 0.00172. The molecule has 4 nitrogen and oxygen atoms in total. The zero-order chi connectivity index (χ0) is 12.4. The Bertz CT molecular complexity index is 182. The van der Waals surface area contributed by atoms with E-state index >= 15 is 0 Å². The SMILES string of the molecule is CCC(CC)CN(CC)CC(=O)NCCO. The molecule has 0 saturated heterocycles. The summed E-state index contributed by atoms with van der Waals surface area (Å²) < 4.78 is 0. The third kappa shape index (κ3) is 6.80. The summed E-state index contributed by atoms with van der Waals surface area (Å²) in [7, 11) is 0. The number of amides is 1. The van der Waals surface area contributed by atoms with E-state index in [-0.39, 0.29) is 12.5 Å². The van der Waals surface area contributed by atoms with Crippen molar-refractivity contribution < 1.29 is 9.90 Å². The lowest BCUT2D eigenvalue weighted by Crippen LogP contribution is -2.40. The summed E-state index contributed by atoms with van der Waals surface area (Å²) >= 11 is 0. The van der Waals surface area contributed by atoms with Gasteiger partial charge in [-0.3, -0.25) is 9.69 Å². The first-order valence-electron chi connectivity index (χ1n) is 6.27. The quantitative estimate of drug-likeness (QED) is 0.617. The van der Waals surface area contributed by atoms with Crippen LogP contribution < -0.4 is 5.32 Å². The highest BCUT2D eigenvalue weighted by Gasteiger charge is 2.12. The molecule has 0 unspecified atom stereocenters. The summed E-state index contributed by atoms with van der Waals surface area (Å²) in [5, 5.41) is 11.3. The number of nitrogens with zero attached hydrogens (tertiary/aromatic N) is 1. The van der Waals surface area contributed by atoms with Crippen LogP contribution in [0, 0.1) is 5.92 Å². The predicted molar refractivity (Wildman–Crippen MR) is 66.3 cm³/mol. The van der Waals surface area contributed by atoms with E-state index < -0.39 is 0 Å². The Kier molecular flexibility index (Phi) is 9.24. The van der Waals surface area contributed by atoms with Crippen LogP contribution in [0.2, 0.25) is 0 Å². The molecule has 0 aromatic heterocycles. The van der Waals surface area contributed by atoms with E-state index in [0.717, 1.165) is 25.9 Å². The molecule has 0 aromatic rings. The van der Waals surface area contributed by atoms with Crippen molar-refractivity contribution in [2.45, 2.75) is 33.6 Å². The van der Waals surface area contributed by atoms with Gasteiger partial charge < -0.3 is 10.4 Å². The van der Waals surface area contributed by atoms with Crippen LogP contribution in [0.3, 0.4) is 0 Å². The smallest absolute Gasteiger partial charge is 0.234 e. The number of likely N-dealkylation sites (N-methyl/N-ethyl adjacent to an activating group) is 1. The second-order valence-electron chi connectivity index (χ2n) is 4.08. The summed E-state index contributed by atoms with van der Waals surface area (Å²) in [5.41, 5.74) is 0. The summed E-state index contributed by atoms with van der Waals surface area (Å²) in [6.45, 7) is 9.11. The average Bonchev–Trinajstić information content (AvgIpc) is 2.31. The summed E-state index contributed by atoms with van der Waals surface area (Å²) in [4.78, 5) is 13.6. The van der Waals surface area contributed by atoms with Gasteiger partial charge in [0.25, 0.3) is 0 Å². The van der Waals surface area contributed by atoms with Crippen LogP contribution in [0.1, 0.15) is 33.6 Å². The van der Waals surface area contributed by atoms with Gasteiger partial charge in [-0.2, -0.15) is 0 Å². The van der Waals surface area contributed by atoms with Gasteiger partial charge in [0.2, 0.25) is 5.91 Å². The third-order valence-corrected chi connectivity index (χ3v) is 2.92. The van der Waals surface area contributed by atoms with Gasteiger partial charge in [-0.15, -0.1) is 0 Å². The van der Waals surface area contributed by atoms with E-state index in [1.807, 2.05) is 0 Å². The molecule has 0 aliphatic rings. The standard InChI is InChI=1S/C12H26N2O2/c1-4-11(5-2)9-14(6-3)10-12(16)13-7-8-15/h11,15H,4-10H2,1-3H3,(H,13,16). The first-order valence-corrected chi connectivity index (χ1v) is 6.27. The number of aliphatic hydroxyl groups is 1. The molecule has 0 aliphatic carbocycles. The maximum atomic E-state index is 11.5. The van der Waals surface area contributed by atoms with Crippen molar-refractivity contribution in [3.8, 4) is 0 Å². The topological polar surface area (TPSA) is 52.6 Å². The lowest BCUT2D eigenvalue weighted by molar-refractivity contribution is -0.122. The van der Waals surface area contributed by atoms with Crippen LogP contribution in [0.25, 0.3) is 0 Å². The minimum absolute atomic E-state index is 0.00172. The molecule has 0 radical (unpaired) electrons. The Hall–Kier alpha value is -0.610. The van der Waals surface area contributed by atoms with Crippen LogP contribution >= 0.6 is 0 Å². The van der Waals surface area contributed by atoms with Crippen LogP contribution in [0.5, 0.6) is 0 Å². The van der Waals surface area contributed by atoms with Crippen LogP contribution in [-0.4, -0.2) is 48.7 Å². The van der Waals surface area contributed by atoms with Crippen LogP contribution in [0.15, 0.2) is 0 Å². The van der Waals surface area contributed by atoms with Crippen molar-refractivity contribution >= 4 is 5.91 Å². The number of nitrogens with one attached hydrogen (secondary N) is 1. The zero-order valence-corrected chi connectivity index (χ0v) is 10.8. The summed E-state index contributed by atoms with van der Waals surface area (Å²) in [6, 6.07) is 0. The number of aliphatic hydroxyl groups excluding tert-OH is 1. The van der Waals surface area contributed by atoms with Crippen molar-refractivity contribution in [3.63, 3.8) is 0 Å². The maximum Gasteiger partial charge on any atom is 0.234 e. The van der Waals surface area contributed by atoms with Gasteiger partial charge in [0, 0.05) is 13.1 Å². The van der Waals surface area contributed by atoms with E-state index in [0.29, 0.717) is 19.0 Å². The maximum absolute atomic E-state index is 11.5. The fourth-order valence-electron chi connectivity index (χ4n) is 1.67. The summed E-state index contributed by atoms with van der Waals surface area (Å²) in [6.07, 6.45) is 2.32. The van der Waals surface area contributed by atoms with Crippen molar-refractivity contribution in [2.75, 3.05) is 32.8 Å². The molecule has 0 atom stereocenters. The molecule has 0 rings (SSSR count). The van der Waals surface area contributed by atoms with Crippen molar-refractivity contribution in [1.82, 2.24) is 10.2 Å². The van der Waals surface area contributed by atoms with E-state index in [2.05, 4.69) is 31.0 Å². The molecule has 0 saturated carbocycles. The van der Waals surface area contributed by atoms with Gasteiger partial charge in [-0.1, -0.05) is 33.6 Å². The first kappa shape index (κ1) is 15.4. The molecular formula is C12H26N2O2. The monoisotopic (exact) mass is 230 g/mol. The molecule has 0 aliphatic heterocycles. The lowest BCUT2D eigenvalue weighted by atomic mass is 10.0. The van der Waals surface area contributed by atoms with Crippen molar-refractivity contribution in [2.24, 2.45) is 5.92 Å². The van der Waals surface area contributed by atoms with Crippen LogP contribution in [-0.2, 0) is 4.79 Å². The number of hydrogen-bond acceptors (Lipinski definition) is 3. The van der Waals surface area contributed by atoms with E-state index in [4.69, 9.17) is 5.11 Å². The van der Waals surface area contributed by atoms with Gasteiger partial charge in [0.15, 0.2) is 0 Å². The fourth-order valence-corrected chi connectivity index (χ4v) is 1.67. The Labute approximate surface area is 99.0 Å². The number of carbonyl (C=O) groups is 1.